The Labute approximate surface area is 120 Å². The highest BCUT2D eigenvalue weighted by Crippen LogP contribution is 2.12. The molecule has 0 saturated carbocycles. The molecule has 0 aliphatic heterocycles. The number of nitrogens with zero attached hydrogens (tertiary/aromatic N) is 2. The molecule has 1 rings (SSSR count). The van der Waals surface area contributed by atoms with Crippen molar-refractivity contribution in [1.29, 1.82) is 0 Å². The first-order valence-corrected chi connectivity index (χ1v) is 8.27. The molecule has 19 heavy (non-hydrogen) atoms. The van der Waals surface area contributed by atoms with Gasteiger partial charge in [-0.1, -0.05) is 69.6 Å². The van der Waals surface area contributed by atoms with Gasteiger partial charge in [-0.15, -0.1) is 10.2 Å². The second kappa shape index (κ2) is 10.9. The van der Waals surface area contributed by atoms with Crippen LogP contribution in [0.25, 0.3) is 0 Å². The van der Waals surface area contributed by atoms with E-state index >= 15 is 0 Å². The number of unbranched alkanes of at least 4 members (excludes halogenated alkanes) is 8. The standard InChI is InChI=1S/C14H25N3OS/c1-2-3-4-5-6-7-8-9-10-11-13(18)16-14-17-15-12-19-14/h12H,2-11H2,1H3,(H,16,17,18). The first-order chi connectivity index (χ1) is 9.33. The highest BCUT2D eigenvalue weighted by Gasteiger charge is 2.03. The summed E-state index contributed by atoms with van der Waals surface area (Å²) in [6.45, 7) is 2.24. The molecule has 0 unspecified atom stereocenters. The first kappa shape index (κ1) is 16.1. The third kappa shape index (κ3) is 8.70. The number of rotatable bonds is 11. The van der Waals surface area contributed by atoms with Crippen LogP contribution in [0, 0.1) is 0 Å². The maximum absolute atomic E-state index is 11.5. The van der Waals surface area contributed by atoms with Crippen molar-refractivity contribution in [3.63, 3.8) is 0 Å². The molecule has 1 aromatic rings. The topological polar surface area (TPSA) is 54.9 Å². The number of amides is 1. The van der Waals surface area contributed by atoms with Crippen LogP contribution in [0.2, 0.25) is 0 Å². The van der Waals surface area contributed by atoms with Crippen LogP contribution in [-0.2, 0) is 4.79 Å². The van der Waals surface area contributed by atoms with Crippen molar-refractivity contribution in [3.8, 4) is 0 Å². The largest absolute Gasteiger partial charge is 0.301 e. The summed E-state index contributed by atoms with van der Waals surface area (Å²) in [4.78, 5) is 11.5. The Balaban J connectivity index is 1.86. The second-order valence-electron chi connectivity index (χ2n) is 4.87. The fourth-order valence-corrected chi connectivity index (χ4v) is 2.47. The minimum atomic E-state index is 0.0553. The molecule has 0 aromatic carbocycles. The van der Waals surface area contributed by atoms with Crippen LogP contribution >= 0.6 is 11.3 Å². The van der Waals surface area contributed by atoms with Gasteiger partial charge in [0.05, 0.1) is 0 Å². The maximum Gasteiger partial charge on any atom is 0.226 e. The van der Waals surface area contributed by atoms with Gasteiger partial charge in [0.2, 0.25) is 11.0 Å². The Bertz CT molecular complexity index is 327. The van der Waals surface area contributed by atoms with Gasteiger partial charge in [0, 0.05) is 6.42 Å². The van der Waals surface area contributed by atoms with Crippen LogP contribution in [-0.4, -0.2) is 16.1 Å². The molecule has 0 aliphatic rings. The summed E-state index contributed by atoms with van der Waals surface area (Å²) in [5.74, 6) is 0.0553. The molecule has 0 spiro atoms. The lowest BCUT2D eigenvalue weighted by Crippen LogP contribution is -2.10. The Hall–Kier alpha value is -0.970. The molecule has 1 N–H and O–H groups in total. The van der Waals surface area contributed by atoms with E-state index in [-0.39, 0.29) is 5.91 Å². The van der Waals surface area contributed by atoms with Crippen LogP contribution in [0.4, 0.5) is 5.13 Å². The van der Waals surface area contributed by atoms with Gasteiger partial charge in [0.25, 0.3) is 0 Å². The van der Waals surface area contributed by atoms with E-state index in [1.165, 1.54) is 56.3 Å². The number of hydrogen-bond donors (Lipinski definition) is 1. The van der Waals surface area contributed by atoms with E-state index in [0.717, 1.165) is 12.8 Å². The lowest BCUT2D eigenvalue weighted by Gasteiger charge is -2.02. The summed E-state index contributed by atoms with van der Waals surface area (Å²) in [5, 5.41) is 10.8. The monoisotopic (exact) mass is 283 g/mol. The van der Waals surface area contributed by atoms with Crippen LogP contribution in [0.3, 0.4) is 0 Å². The zero-order chi connectivity index (χ0) is 13.8. The molecule has 0 bridgehead atoms. The molecule has 108 valence electrons. The van der Waals surface area contributed by atoms with E-state index in [2.05, 4.69) is 22.4 Å². The smallest absolute Gasteiger partial charge is 0.226 e. The van der Waals surface area contributed by atoms with Crippen molar-refractivity contribution >= 4 is 22.4 Å². The maximum atomic E-state index is 11.5. The third-order valence-electron chi connectivity index (χ3n) is 3.11. The summed E-state index contributed by atoms with van der Waals surface area (Å²) in [6.07, 6.45) is 12.0. The quantitative estimate of drug-likeness (QED) is 0.612. The Morgan fingerprint density at radius 2 is 1.74 bits per heavy atom. The molecule has 0 atom stereocenters. The van der Waals surface area contributed by atoms with E-state index in [4.69, 9.17) is 0 Å². The molecule has 0 radical (unpaired) electrons. The number of anilines is 1. The zero-order valence-electron chi connectivity index (χ0n) is 11.9. The molecule has 5 heteroatoms. The molecule has 0 saturated heterocycles. The molecule has 0 fully saturated rings. The minimum Gasteiger partial charge on any atom is -0.301 e. The highest BCUT2D eigenvalue weighted by molar-refractivity contribution is 7.13. The zero-order valence-corrected chi connectivity index (χ0v) is 12.7. The normalized spacial score (nSPS) is 10.6. The minimum absolute atomic E-state index is 0.0553. The number of nitrogens with one attached hydrogen (secondary N) is 1. The van der Waals surface area contributed by atoms with E-state index < -0.39 is 0 Å². The van der Waals surface area contributed by atoms with Gasteiger partial charge in [0.1, 0.15) is 5.51 Å². The van der Waals surface area contributed by atoms with Crippen molar-refractivity contribution in [1.82, 2.24) is 10.2 Å². The predicted molar refractivity (Wildman–Crippen MR) is 80.4 cm³/mol. The summed E-state index contributed by atoms with van der Waals surface area (Å²) < 4.78 is 0. The van der Waals surface area contributed by atoms with Gasteiger partial charge in [-0.25, -0.2) is 0 Å². The summed E-state index contributed by atoms with van der Waals surface area (Å²) in [6, 6.07) is 0. The molecule has 4 nitrogen and oxygen atoms in total. The Morgan fingerprint density at radius 3 is 2.32 bits per heavy atom. The Morgan fingerprint density at radius 1 is 1.11 bits per heavy atom. The highest BCUT2D eigenvalue weighted by atomic mass is 32.1. The summed E-state index contributed by atoms with van der Waals surface area (Å²) in [7, 11) is 0. The number of hydrogen-bond acceptors (Lipinski definition) is 4. The van der Waals surface area contributed by atoms with Crippen LogP contribution in [0.1, 0.15) is 71.1 Å². The van der Waals surface area contributed by atoms with Gasteiger partial charge < -0.3 is 5.32 Å². The van der Waals surface area contributed by atoms with Crippen molar-refractivity contribution in [2.24, 2.45) is 0 Å². The van der Waals surface area contributed by atoms with Crippen molar-refractivity contribution in [2.75, 3.05) is 5.32 Å². The van der Waals surface area contributed by atoms with Crippen LogP contribution < -0.4 is 5.32 Å². The molecule has 1 heterocycles. The molecule has 1 amide bonds. The first-order valence-electron chi connectivity index (χ1n) is 7.39. The number of carbonyl (C=O) groups is 1. The number of carbonyl (C=O) groups excluding carboxylic acids is 1. The van der Waals surface area contributed by atoms with E-state index in [1.807, 2.05) is 0 Å². The molecule has 0 aliphatic carbocycles. The average molecular weight is 283 g/mol. The summed E-state index contributed by atoms with van der Waals surface area (Å²) in [5.41, 5.74) is 1.62. The van der Waals surface area contributed by atoms with Gasteiger partial charge >= 0.3 is 0 Å². The van der Waals surface area contributed by atoms with Gasteiger partial charge in [0.15, 0.2) is 0 Å². The predicted octanol–water partition coefficient (Wildman–Crippen LogP) is 4.40. The van der Waals surface area contributed by atoms with Gasteiger partial charge in [-0.3, -0.25) is 4.79 Å². The van der Waals surface area contributed by atoms with E-state index in [9.17, 15) is 4.79 Å². The van der Waals surface area contributed by atoms with E-state index in [1.54, 1.807) is 5.51 Å². The van der Waals surface area contributed by atoms with E-state index in [0.29, 0.717) is 11.6 Å². The van der Waals surface area contributed by atoms with Crippen molar-refractivity contribution in [2.45, 2.75) is 71.1 Å². The summed E-state index contributed by atoms with van der Waals surface area (Å²) >= 11 is 1.35. The molecular weight excluding hydrogens is 258 g/mol. The van der Waals surface area contributed by atoms with Crippen molar-refractivity contribution in [3.05, 3.63) is 5.51 Å². The third-order valence-corrected chi connectivity index (χ3v) is 3.72. The van der Waals surface area contributed by atoms with Crippen LogP contribution in [0.15, 0.2) is 5.51 Å². The number of aromatic nitrogens is 2. The Kier molecular flexibility index (Phi) is 9.23. The molecular formula is C14H25N3OS. The fourth-order valence-electron chi connectivity index (χ4n) is 2.01. The lowest BCUT2D eigenvalue weighted by atomic mass is 10.1. The molecule has 1 aromatic heterocycles. The SMILES string of the molecule is CCCCCCCCCCCC(=O)Nc1nncs1. The van der Waals surface area contributed by atoms with Gasteiger partial charge in [-0.2, -0.15) is 0 Å². The fraction of sp³-hybridized carbons (Fsp3) is 0.786. The van der Waals surface area contributed by atoms with Crippen molar-refractivity contribution < 1.29 is 4.79 Å². The lowest BCUT2D eigenvalue weighted by molar-refractivity contribution is -0.116. The van der Waals surface area contributed by atoms with Crippen LogP contribution in [0.5, 0.6) is 0 Å². The van der Waals surface area contributed by atoms with Gasteiger partial charge in [-0.05, 0) is 6.42 Å². The average Bonchev–Trinajstić information content (AvgIpc) is 2.89. The second-order valence-corrected chi connectivity index (χ2v) is 5.70.